The highest BCUT2D eigenvalue weighted by Crippen LogP contribution is 2.35. The number of thiophene rings is 1. The van der Waals surface area contributed by atoms with E-state index in [0.29, 0.717) is 19.8 Å². The fourth-order valence-electron chi connectivity index (χ4n) is 3.36. The van der Waals surface area contributed by atoms with Crippen molar-refractivity contribution in [1.82, 2.24) is 9.55 Å². The summed E-state index contributed by atoms with van der Waals surface area (Å²) >= 11 is 3.25. The molecule has 0 atom stereocenters. The van der Waals surface area contributed by atoms with Gasteiger partial charge in [0, 0.05) is 17.7 Å². The first-order valence-electron chi connectivity index (χ1n) is 9.12. The van der Waals surface area contributed by atoms with Crippen molar-refractivity contribution in [1.29, 1.82) is 0 Å². The second-order valence-electron chi connectivity index (χ2n) is 6.39. The predicted octanol–water partition coefficient (Wildman–Crippen LogP) is 3.76. The molecule has 1 aliphatic rings. The fraction of sp³-hybridized carbons (Fsp3) is 0.400. The zero-order chi connectivity index (χ0) is 18.6. The number of aryl methyl sites for hydroxylation is 2. The van der Waals surface area contributed by atoms with Gasteiger partial charge in [-0.15, -0.1) is 11.3 Å². The maximum absolute atomic E-state index is 13.2. The molecule has 142 valence electrons. The summed E-state index contributed by atoms with van der Waals surface area (Å²) in [7, 11) is 1.65. The largest absolute Gasteiger partial charge is 0.493 e. The van der Waals surface area contributed by atoms with Gasteiger partial charge in [0.05, 0.1) is 25.1 Å². The second kappa shape index (κ2) is 8.46. The van der Waals surface area contributed by atoms with E-state index in [1.807, 2.05) is 30.3 Å². The lowest BCUT2D eigenvalue weighted by molar-refractivity contribution is 0.183. The Morgan fingerprint density at radius 3 is 2.89 bits per heavy atom. The summed E-state index contributed by atoms with van der Waals surface area (Å²) in [5, 5.41) is 1.58. The highest BCUT2D eigenvalue weighted by atomic mass is 32.2. The van der Waals surface area contributed by atoms with E-state index in [1.54, 1.807) is 34.8 Å². The Kier molecular flexibility index (Phi) is 5.80. The molecule has 0 saturated carbocycles. The fourth-order valence-corrected chi connectivity index (χ4v) is 5.50. The lowest BCUT2D eigenvalue weighted by Crippen LogP contribution is -2.25. The number of fused-ring (bicyclic) bond motifs is 3. The maximum Gasteiger partial charge on any atom is 0.263 e. The van der Waals surface area contributed by atoms with Crippen LogP contribution in [0.2, 0.25) is 0 Å². The summed E-state index contributed by atoms with van der Waals surface area (Å²) in [5.74, 6) is 1.58. The first-order chi connectivity index (χ1) is 13.3. The molecule has 1 aliphatic carbocycles. The van der Waals surface area contributed by atoms with Crippen LogP contribution in [0.5, 0.6) is 5.75 Å². The Labute approximate surface area is 166 Å². The van der Waals surface area contributed by atoms with E-state index in [9.17, 15) is 4.79 Å². The number of methoxy groups -OCH3 is 1. The number of benzene rings is 1. The van der Waals surface area contributed by atoms with Gasteiger partial charge in [-0.25, -0.2) is 4.98 Å². The third-order valence-corrected chi connectivity index (χ3v) is 6.76. The van der Waals surface area contributed by atoms with Crippen LogP contribution in [0.25, 0.3) is 10.2 Å². The molecule has 27 heavy (non-hydrogen) atoms. The van der Waals surface area contributed by atoms with E-state index in [2.05, 4.69) is 0 Å². The van der Waals surface area contributed by atoms with Crippen LogP contribution in [-0.4, -0.2) is 35.6 Å². The lowest BCUT2D eigenvalue weighted by atomic mass is 10.2. The first-order valence-corrected chi connectivity index (χ1v) is 10.9. The van der Waals surface area contributed by atoms with Crippen molar-refractivity contribution < 1.29 is 9.47 Å². The second-order valence-corrected chi connectivity index (χ2v) is 8.54. The minimum Gasteiger partial charge on any atom is -0.493 e. The highest BCUT2D eigenvalue weighted by Gasteiger charge is 2.23. The van der Waals surface area contributed by atoms with E-state index in [1.165, 1.54) is 10.4 Å². The van der Waals surface area contributed by atoms with Gasteiger partial charge in [-0.2, -0.15) is 0 Å². The minimum atomic E-state index is 0.0722. The minimum absolute atomic E-state index is 0.0722. The Hall–Kier alpha value is -1.83. The molecule has 3 aromatic rings. The Morgan fingerprint density at radius 1 is 1.22 bits per heavy atom. The number of para-hydroxylation sites is 1. The van der Waals surface area contributed by atoms with E-state index < -0.39 is 0 Å². The van der Waals surface area contributed by atoms with Gasteiger partial charge in [0.2, 0.25) is 0 Å². The summed E-state index contributed by atoms with van der Waals surface area (Å²) in [6.07, 6.45) is 3.21. The van der Waals surface area contributed by atoms with E-state index >= 15 is 0 Å². The number of nitrogens with zero attached hydrogens (tertiary/aromatic N) is 2. The smallest absolute Gasteiger partial charge is 0.263 e. The van der Waals surface area contributed by atoms with Crippen molar-refractivity contribution in [2.45, 2.75) is 31.0 Å². The van der Waals surface area contributed by atoms with Gasteiger partial charge in [0.25, 0.3) is 5.56 Å². The monoisotopic (exact) mass is 402 g/mol. The number of aromatic nitrogens is 2. The van der Waals surface area contributed by atoms with E-state index in [-0.39, 0.29) is 5.56 Å². The maximum atomic E-state index is 13.2. The highest BCUT2D eigenvalue weighted by molar-refractivity contribution is 7.99. The summed E-state index contributed by atoms with van der Waals surface area (Å²) in [4.78, 5) is 20.2. The van der Waals surface area contributed by atoms with Gasteiger partial charge in [-0.1, -0.05) is 30.0 Å². The molecule has 0 bridgehead atoms. The van der Waals surface area contributed by atoms with Crippen LogP contribution < -0.4 is 10.3 Å². The summed E-state index contributed by atoms with van der Waals surface area (Å²) in [6.45, 7) is 1.58. The molecule has 0 unspecified atom stereocenters. The Morgan fingerprint density at radius 2 is 2.07 bits per heavy atom. The van der Waals surface area contributed by atoms with Crippen molar-refractivity contribution in [2.24, 2.45) is 0 Å². The predicted molar refractivity (Wildman–Crippen MR) is 110 cm³/mol. The molecule has 2 aromatic heterocycles. The van der Waals surface area contributed by atoms with Gasteiger partial charge >= 0.3 is 0 Å². The zero-order valence-electron chi connectivity index (χ0n) is 15.3. The number of hydrogen-bond acceptors (Lipinski definition) is 6. The molecular weight excluding hydrogens is 380 g/mol. The average molecular weight is 403 g/mol. The van der Waals surface area contributed by atoms with E-state index in [4.69, 9.17) is 14.5 Å². The normalized spacial score (nSPS) is 13.2. The molecule has 0 fully saturated rings. The molecule has 2 heterocycles. The van der Waals surface area contributed by atoms with Crippen LogP contribution >= 0.6 is 23.1 Å². The number of rotatable bonds is 8. The van der Waals surface area contributed by atoms with Crippen LogP contribution in [-0.2, 0) is 24.1 Å². The van der Waals surface area contributed by atoms with Gasteiger partial charge in [-0.3, -0.25) is 9.36 Å². The average Bonchev–Trinajstić information content (AvgIpc) is 3.26. The molecular formula is C20H22N2O3S2. The van der Waals surface area contributed by atoms with Gasteiger partial charge in [0.15, 0.2) is 5.16 Å². The van der Waals surface area contributed by atoms with E-state index in [0.717, 1.165) is 46.1 Å². The van der Waals surface area contributed by atoms with Crippen LogP contribution in [0.1, 0.15) is 16.9 Å². The van der Waals surface area contributed by atoms with Crippen molar-refractivity contribution in [2.75, 3.05) is 26.1 Å². The number of hydrogen-bond donors (Lipinski definition) is 0. The third kappa shape index (κ3) is 3.90. The third-order valence-electron chi connectivity index (χ3n) is 4.64. The molecule has 4 rings (SSSR count). The van der Waals surface area contributed by atoms with Gasteiger partial charge < -0.3 is 9.47 Å². The SMILES string of the molecule is COCCn1c(SCCOc2ccccc2)nc2sc3c(c2c1=O)CCC3. The molecule has 7 heteroatoms. The quantitative estimate of drug-likeness (QED) is 0.326. The van der Waals surface area contributed by atoms with Gasteiger partial charge in [0.1, 0.15) is 10.6 Å². The number of ether oxygens (including phenoxy) is 2. The molecule has 0 spiro atoms. The topological polar surface area (TPSA) is 53.4 Å². The molecule has 1 aromatic carbocycles. The summed E-state index contributed by atoms with van der Waals surface area (Å²) < 4.78 is 12.7. The molecule has 0 radical (unpaired) electrons. The first kappa shape index (κ1) is 18.5. The van der Waals surface area contributed by atoms with Crippen LogP contribution in [0, 0.1) is 0 Å². The Balaban J connectivity index is 1.56. The summed E-state index contributed by atoms with van der Waals surface area (Å²) in [5.41, 5.74) is 1.30. The molecule has 0 saturated heterocycles. The van der Waals surface area contributed by atoms with Crippen LogP contribution in [0.4, 0.5) is 0 Å². The standard InChI is InChI=1S/C20H22N2O3S2/c1-24-11-10-22-19(23)17-15-8-5-9-16(15)27-18(17)21-20(22)26-13-12-25-14-6-3-2-4-7-14/h2-4,6-7H,5,8-13H2,1H3. The van der Waals surface area contributed by atoms with Gasteiger partial charge in [-0.05, 0) is 37.0 Å². The molecule has 0 amide bonds. The van der Waals surface area contributed by atoms with Crippen LogP contribution in [0.15, 0.2) is 40.3 Å². The Bertz CT molecular complexity index is 982. The molecule has 0 N–H and O–H groups in total. The van der Waals surface area contributed by atoms with Crippen molar-refractivity contribution >= 4 is 33.3 Å². The molecule has 0 aliphatic heterocycles. The lowest BCUT2D eigenvalue weighted by Gasteiger charge is -2.12. The van der Waals surface area contributed by atoms with Crippen molar-refractivity contribution in [3.8, 4) is 5.75 Å². The molecule has 5 nitrogen and oxygen atoms in total. The number of thioether (sulfide) groups is 1. The van der Waals surface area contributed by atoms with Crippen LogP contribution in [0.3, 0.4) is 0 Å². The van der Waals surface area contributed by atoms with Crippen molar-refractivity contribution in [3.63, 3.8) is 0 Å². The zero-order valence-corrected chi connectivity index (χ0v) is 16.9. The van der Waals surface area contributed by atoms with Crippen molar-refractivity contribution in [3.05, 3.63) is 51.1 Å². The summed E-state index contributed by atoms with van der Waals surface area (Å²) in [6, 6.07) is 9.76.